The summed E-state index contributed by atoms with van der Waals surface area (Å²) < 4.78 is 17.1. The third kappa shape index (κ3) is 4.29. The lowest BCUT2D eigenvalue weighted by atomic mass is 10.2. The summed E-state index contributed by atoms with van der Waals surface area (Å²) in [5.41, 5.74) is 4.12. The van der Waals surface area contributed by atoms with E-state index in [1.807, 2.05) is 48.2 Å². The average molecular weight is 455 g/mol. The van der Waals surface area contributed by atoms with Crippen LogP contribution >= 0.6 is 23.4 Å². The molecule has 0 bridgehead atoms. The topological polar surface area (TPSA) is 52.7 Å². The van der Waals surface area contributed by atoms with Crippen molar-refractivity contribution in [3.05, 3.63) is 82.4 Å². The van der Waals surface area contributed by atoms with Crippen molar-refractivity contribution < 1.29 is 9.18 Å². The highest BCUT2D eigenvalue weighted by atomic mass is 35.5. The van der Waals surface area contributed by atoms with Crippen LogP contribution in [-0.2, 0) is 7.05 Å². The molecule has 0 amide bonds. The minimum Gasteiger partial charge on any atom is -0.318 e. The third-order valence-corrected chi connectivity index (χ3v) is 6.36. The number of carbonyl (C=O) groups is 1. The van der Waals surface area contributed by atoms with Gasteiger partial charge in [-0.2, -0.15) is 0 Å². The first-order valence-electron chi connectivity index (χ1n) is 9.61. The van der Waals surface area contributed by atoms with E-state index in [0.717, 1.165) is 22.6 Å². The number of nitrogens with zero attached hydrogens (tertiary/aromatic N) is 4. The summed E-state index contributed by atoms with van der Waals surface area (Å²) in [4.78, 5) is 12.9. The smallest absolute Gasteiger partial charge is 0.191 e. The van der Waals surface area contributed by atoms with E-state index >= 15 is 0 Å². The number of thioether (sulfide) groups is 1. The van der Waals surface area contributed by atoms with Gasteiger partial charge >= 0.3 is 0 Å². The van der Waals surface area contributed by atoms with E-state index in [1.54, 1.807) is 24.3 Å². The molecule has 0 atom stereocenters. The van der Waals surface area contributed by atoms with Gasteiger partial charge in [0.05, 0.1) is 5.75 Å². The largest absolute Gasteiger partial charge is 0.318 e. The van der Waals surface area contributed by atoms with Crippen molar-refractivity contribution in [3.8, 4) is 17.1 Å². The van der Waals surface area contributed by atoms with Gasteiger partial charge < -0.3 is 9.13 Å². The first-order chi connectivity index (χ1) is 14.8. The highest BCUT2D eigenvalue weighted by Crippen LogP contribution is 2.26. The summed E-state index contributed by atoms with van der Waals surface area (Å²) >= 11 is 7.30. The molecule has 4 aromatic rings. The van der Waals surface area contributed by atoms with Gasteiger partial charge in [-0.3, -0.25) is 4.79 Å². The summed E-state index contributed by atoms with van der Waals surface area (Å²) in [5.74, 6) is 0.657. The molecule has 158 valence electrons. The lowest BCUT2D eigenvalue weighted by Crippen LogP contribution is -2.06. The Bertz CT molecular complexity index is 1250. The molecule has 0 unspecified atom stereocenters. The molecule has 0 aliphatic rings. The first-order valence-corrected chi connectivity index (χ1v) is 11.0. The fourth-order valence-corrected chi connectivity index (χ4v) is 4.45. The maximum atomic E-state index is 13.3. The second-order valence-corrected chi connectivity index (χ2v) is 8.56. The Morgan fingerprint density at radius 3 is 2.42 bits per heavy atom. The van der Waals surface area contributed by atoms with Gasteiger partial charge in [0.25, 0.3) is 0 Å². The maximum absolute atomic E-state index is 13.3. The van der Waals surface area contributed by atoms with E-state index < -0.39 is 0 Å². The first kappa shape index (κ1) is 21.3. The fraction of sp³-hybridized carbons (Fsp3) is 0.174. The monoisotopic (exact) mass is 454 g/mol. The number of rotatable bonds is 6. The highest BCUT2D eigenvalue weighted by Gasteiger charge is 2.19. The second kappa shape index (κ2) is 8.69. The molecule has 2 heterocycles. The normalized spacial score (nSPS) is 11.1. The Labute approximate surface area is 188 Å². The summed E-state index contributed by atoms with van der Waals surface area (Å²) in [5, 5.41) is 9.80. The Hall–Kier alpha value is -2.90. The van der Waals surface area contributed by atoms with Crippen LogP contribution in [0.2, 0.25) is 5.02 Å². The van der Waals surface area contributed by atoms with Crippen LogP contribution in [0.3, 0.4) is 0 Å². The number of halogens is 2. The molecular weight excluding hydrogens is 435 g/mol. The summed E-state index contributed by atoms with van der Waals surface area (Å²) in [7, 11) is 1.87. The lowest BCUT2D eigenvalue weighted by molar-refractivity contribution is 0.102. The highest BCUT2D eigenvalue weighted by molar-refractivity contribution is 7.99. The number of hydrogen-bond donors (Lipinski definition) is 0. The van der Waals surface area contributed by atoms with Crippen LogP contribution < -0.4 is 0 Å². The van der Waals surface area contributed by atoms with Gasteiger partial charge in [-0.15, -0.1) is 10.2 Å². The van der Waals surface area contributed by atoms with E-state index in [2.05, 4.69) is 10.2 Å². The molecule has 0 saturated carbocycles. The van der Waals surface area contributed by atoms with Crippen LogP contribution in [0.5, 0.6) is 0 Å². The average Bonchev–Trinajstić information content (AvgIpc) is 3.26. The number of benzene rings is 2. The minimum absolute atomic E-state index is 0.00232. The molecule has 2 aromatic heterocycles. The summed E-state index contributed by atoms with van der Waals surface area (Å²) in [6, 6.07) is 15.5. The molecule has 0 saturated heterocycles. The van der Waals surface area contributed by atoms with Gasteiger partial charge in [0.15, 0.2) is 16.8 Å². The van der Waals surface area contributed by atoms with Gasteiger partial charge in [0.2, 0.25) is 0 Å². The van der Waals surface area contributed by atoms with Gasteiger partial charge in [0, 0.05) is 40.3 Å². The standard InChI is InChI=1S/C23H20ClFN4OS/c1-14-12-20(15(2)29(14)19-10-8-18(25)9-11-19)21(30)13-31-23-27-26-22(28(23)3)16-4-6-17(24)7-5-16/h4-12H,13H2,1-3H3. The van der Waals surface area contributed by atoms with Crippen molar-refractivity contribution in [1.29, 1.82) is 0 Å². The SMILES string of the molecule is Cc1cc(C(=O)CSc2nnc(-c3ccc(Cl)cc3)n2C)c(C)n1-c1ccc(F)cc1. The molecule has 0 radical (unpaired) electrons. The summed E-state index contributed by atoms with van der Waals surface area (Å²) in [6.07, 6.45) is 0. The van der Waals surface area contributed by atoms with Crippen LogP contribution in [0.25, 0.3) is 17.1 Å². The molecule has 0 aliphatic carbocycles. The van der Waals surface area contributed by atoms with E-state index in [9.17, 15) is 9.18 Å². The van der Waals surface area contributed by atoms with Crippen molar-refractivity contribution >= 4 is 29.1 Å². The van der Waals surface area contributed by atoms with Crippen LogP contribution in [-0.4, -0.2) is 30.9 Å². The van der Waals surface area contributed by atoms with Crippen LogP contribution in [0.15, 0.2) is 59.8 Å². The molecule has 2 aromatic carbocycles. The Balaban J connectivity index is 1.52. The number of Topliss-reactive ketones (excluding diaryl/α,β-unsaturated/α-hetero) is 1. The van der Waals surface area contributed by atoms with Crippen LogP contribution in [0.1, 0.15) is 21.7 Å². The van der Waals surface area contributed by atoms with Gasteiger partial charge in [-0.1, -0.05) is 23.4 Å². The van der Waals surface area contributed by atoms with Crippen molar-refractivity contribution in [2.24, 2.45) is 7.05 Å². The quantitative estimate of drug-likeness (QED) is 0.279. The number of carbonyl (C=O) groups excluding carboxylic acids is 1. The zero-order valence-corrected chi connectivity index (χ0v) is 18.8. The van der Waals surface area contributed by atoms with Crippen molar-refractivity contribution in [3.63, 3.8) is 0 Å². The van der Waals surface area contributed by atoms with Crippen LogP contribution in [0, 0.1) is 19.7 Å². The molecule has 31 heavy (non-hydrogen) atoms. The second-order valence-electron chi connectivity index (χ2n) is 7.18. The number of aromatic nitrogens is 4. The molecule has 4 rings (SSSR count). The molecule has 0 spiro atoms. The van der Waals surface area contributed by atoms with E-state index in [-0.39, 0.29) is 17.4 Å². The fourth-order valence-electron chi connectivity index (χ4n) is 3.53. The zero-order chi connectivity index (χ0) is 22.1. The lowest BCUT2D eigenvalue weighted by Gasteiger charge is -2.09. The van der Waals surface area contributed by atoms with Gasteiger partial charge in [-0.05, 0) is 68.4 Å². The predicted molar refractivity (Wildman–Crippen MR) is 122 cm³/mol. The molecule has 0 N–H and O–H groups in total. The molecule has 8 heteroatoms. The molecular formula is C23H20ClFN4OS. The molecule has 5 nitrogen and oxygen atoms in total. The number of aryl methyl sites for hydroxylation is 1. The van der Waals surface area contributed by atoms with E-state index in [0.29, 0.717) is 21.6 Å². The number of hydrogen-bond acceptors (Lipinski definition) is 4. The maximum Gasteiger partial charge on any atom is 0.191 e. The Morgan fingerprint density at radius 1 is 1.06 bits per heavy atom. The van der Waals surface area contributed by atoms with Crippen molar-refractivity contribution in [2.75, 3.05) is 5.75 Å². The summed E-state index contributed by atoms with van der Waals surface area (Å²) in [6.45, 7) is 3.83. The van der Waals surface area contributed by atoms with Gasteiger partial charge in [0.1, 0.15) is 5.82 Å². The number of ketones is 1. The molecule has 0 aliphatic heterocycles. The van der Waals surface area contributed by atoms with Gasteiger partial charge in [-0.25, -0.2) is 4.39 Å². The Morgan fingerprint density at radius 2 is 1.74 bits per heavy atom. The van der Waals surface area contributed by atoms with Crippen molar-refractivity contribution in [1.82, 2.24) is 19.3 Å². The zero-order valence-electron chi connectivity index (χ0n) is 17.3. The molecule has 0 fully saturated rings. The third-order valence-electron chi connectivity index (χ3n) is 5.09. The predicted octanol–water partition coefficient (Wildman–Crippen LogP) is 5.66. The van der Waals surface area contributed by atoms with E-state index in [4.69, 9.17) is 11.6 Å². The van der Waals surface area contributed by atoms with E-state index in [1.165, 1.54) is 23.9 Å². The minimum atomic E-state index is -0.291. The Kier molecular flexibility index (Phi) is 5.98. The van der Waals surface area contributed by atoms with Crippen LogP contribution in [0.4, 0.5) is 4.39 Å². The van der Waals surface area contributed by atoms with Crippen molar-refractivity contribution in [2.45, 2.75) is 19.0 Å².